The van der Waals surface area contributed by atoms with E-state index in [1.807, 2.05) is 0 Å². The first kappa shape index (κ1) is 13.1. The second-order valence-electron chi connectivity index (χ2n) is 6.81. The highest BCUT2D eigenvalue weighted by Gasteiger charge is 2.34. The lowest BCUT2D eigenvalue weighted by molar-refractivity contribution is 0.0932. The number of benzene rings is 2. The van der Waals surface area contributed by atoms with Crippen molar-refractivity contribution in [1.29, 1.82) is 0 Å². The zero-order chi connectivity index (χ0) is 24.2. The van der Waals surface area contributed by atoms with E-state index in [2.05, 4.69) is 10.7 Å². The molecular formula is C22H22FN3O2. The van der Waals surface area contributed by atoms with Gasteiger partial charge < -0.3 is 10.7 Å². The molecule has 1 aliphatic rings. The van der Waals surface area contributed by atoms with Crippen molar-refractivity contribution in [2.45, 2.75) is 25.8 Å². The van der Waals surface area contributed by atoms with E-state index in [9.17, 15) is 14.0 Å². The number of halogens is 1. The predicted octanol–water partition coefficient (Wildman–Crippen LogP) is 3.50. The molecule has 0 aliphatic heterocycles. The molecule has 6 heteroatoms. The van der Waals surface area contributed by atoms with Crippen LogP contribution in [0.1, 0.15) is 47.4 Å². The first-order valence-electron chi connectivity index (χ1n) is 11.5. The van der Waals surface area contributed by atoms with Crippen LogP contribution in [0.25, 0.3) is 10.8 Å². The van der Waals surface area contributed by atoms with E-state index in [0.717, 1.165) is 23.6 Å². The van der Waals surface area contributed by atoms with Crippen LogP contribution in [0.4, 0.5) is 4.39 Å². The lowest BCUT2D eigenvalue weighted by atomic mass is 9.99. The number of amides is 1. The highest BCUT2D eigenvalue weighted by Crippen LogP contribution is 2.41. The van der Waals surface area contributed by atoms with Gasteiger partial charge in [0.25, 0.3) is 11.5 Å². The van der Waals surface area contributed by atoms with Gasteiger partial charge in [-0.2, -0.15) is 0 Å². The van der Waals surface area contributed by atoms with E-state index in [1.165, 1.54) is 19.2 Å². The van der Waals surface area contributed by atoms with Gasteiger partial charge in [0.15, 0.2) is 0 Å². The van der Waals surface area contributed by atoms with Gasteiger partial charge >= 0.3 is 0 Å². The number of rotatable bonds is 5. The number of aromatic nitrogens is 1. The van der Waals surface area contributed by atoms with Crippen molar-refractivity contribution < 1.29 is 16.0 Å². The number of carbonyl (C=O) groups is 1. The molecule has 0 bridgehead atoms. The number of hydrogen-bond donors (Lipinski definition) is 2. The summed E-state index contributed by atoms with van der Waals surface area (Å²) < 4.78 is 56.0. The van der Waals surface area contributed by atoms with E-state index in [1.54, 1.807) is 6.92 Å². The Labute approximate surface area is 169 Å². The molecule has 1 saturated carbocycles. The highest BCUT2D eigenvalue weighted by molar-refractivity contribution is 6.08. The van der Waals surface area contributed by atoms with E-state index >= 15 is 0 Å². The number of pyridine rings is 1. The van der Waals surface area contributed by atoms with Crippen LogP contribution in [0.2, 0.25) is 0 Å². The monoisotopic (exact) mass is 384 g/mol. The maximum absolute atomic E-state index is 14.6. The van der Waals surface area contributed by atoms with E-state index < -0.39 is 41.5 Å². The fourth-order valence-corrected chi connectivity index (χ4v) is 3.56. The van der Waals surface area contributed by atoms with Gasteiger partial charge in [-0.3, -0.25) is 9.59 Å². The molecule has 1 aromatic heterocycles. The Morgan fingerprint density at radius 2 is 2.00 bits per heavy atom. The molecule has 0 saturated heterocycles. The molecule has 2 N–H and O–H groups in total. The van der Waals surface area contributed by atoms with Crippen LogP contribution in [0.3, 0.4) is 0 Å². The largest absolute Gasteiger partial charge is 0.345 e. The van der Waals surface area contributed by atoms with Gasteiger partial charge in [-0.25, -0.2) is 9.07 Å². The fraction of sp³-hybridized carbons (Fsp3) is 0.273. The van der Waals surface area contributed by atoms with Gasteiger partial charge in [-0.1, -0.05) is 42.3 Å². The van der Waals surface area contributed by atoms with E-state index in [0.29, 0.717) is 0 Å². The van der Waals surface area contributed by atoms with Crippen LogP contribution in [0, 0.1) is 18.7 Å². The Morgan fingerprint density at radius 1 is 1.29 bits per heavy atom. The maximum Gasteiger partial charge on any atom is 0.279 e. The molecule has 0 unspecified atom stereocenters. The third-order valence-corrected chi connectivity index (χ3v) is 5.06. The normalized spacial score (nSPS) is 17.2. The van der Waals surface area contributed by atoms with Crippen molar-refractivity contribution >= 4 is 16.7 Å². The van der Waals surface area contributed by atoms with Gasteiger partial charge in [0.2, 0.25) is 0 Å². The third-order valence-electron chi connectivity index (χ3n) is 5.06. The molecule has 28 heavy (non-hydrogen) atoms. The molecule has 1 atom stereocenters. The number of hydrogen-bond acceptors (Lipinski definition) is 3. The van der Waals surface area contributed by atoms with Gasteiger partial charge in [0.1, 0.15) is 5.82 Å². The summed E-state index contributed by atoms with van der Waals surface area (Å²) in [5, 5.41) is 2.71. The quantitative estimate of drug-likeness (QED) is 0.708. The van der Waals surface area contributed by atoms with E-state index in [4.69, 9.17) is 6.85 Å². The van der Waals surface area contributed by atoms with Gasteiger partial charge in [-0.05, 0) is 37.3 Å². The van der Waals surface area contributed by atoms with Crippen molar-refractivity contribution in [3.05, 3.63) is 81.4 Å². The molecule has 144 valence electrons. The van der Waals surface area contributed by atoms with Crippen LogP contribution in [0.15, 0.2) is 53.2 Å². The van der Waals surface area contributed by atoms with Crippen molar-refractivity contribution in [3.63, 3.8) is 0 Å². The molecular weight excluding hydrogens is 357 g/mol. The third kappa shape index (κ3) is 3.05. The SMILES string of the molecule is [2H]c1c([2H])c([2H])c([C@@H](NC(=O)c2c(C)n(NC)c(=O)c3c(F)cccc23)C2CC2)c([2H])c1[2H]. The van der Waals surface area contributed by atoms with Crippen molar-refractivity contribution in [2.24, 2.45) is 5.92 Å². The van der Waals surface area contributed by atoms with Crippen LogP contribution in [-0.2, 0) is 0 Å². The molecule has 2 aromatic carbocycles. The average Bonchev–Trinajstić information content (AvgIpc) is 3.61. The molecule has 3 aromatic rings. The molecule has 4 rings (SSSR count). The van der Waals surface area contributed by atoms with Gasteiger partial charge in [0, 0.05) is 12.4 Å². The van der Waals surface area contributed by atoms with Gasteiger partial charge in [-0.15, -0.1) is 0 Å². The molecule has 1 amide bonds. The van der Waals surface area contributed by atoms with Crippen molar-refractivity contribution in [2.75, 3.05) is 12.5 Å². The Morgan fingerprint density at radius 3 is 2.64 bits per heavy atom. The Kier molecular flexibility index (Phi) is 3.33. The minimum atomic E-state index is -0.829. The second-order valence-corrected chi connectivity index (χ2v) is 6.81. The summed E-state index contributed by atoms with van der Waals surface area (Å²) >= 11 is 0. The number of fused-ring (bicyclic) bond motifs is 1. The van der Waals surface area contributed by atoms with Crippen molar-refractivity contribution in [1.82, 2.24) is 9.99 Å². The Hall–Kier alpha value is -3.15. The number of nitrogens with zero attached hydrogens (tertiary/aromatic N) is 1. The molecule has 5 nitrogen and oxygen atoms in total. The van der Waals surface area contributed by atoms with Crippen molar-refractivity contribution in [3.8, 4) is 0 Å². The van der Waals surface area contributed by atoms with Crippen LogP contribution < -0.4 is 16.3 Å². The first-order chi connectivity index (χ1) is 15.6. The standard InChI is InChI=1S/C22H22FN3O2/c1-13-18(16-9-6-10-17(23)19(16)22(28)26(13)24-2)21(27)25-20(15-11-12-15)14-7-4-3-5-8-14/h3-10,15,20,24H,11-12H2,1-2H3,(H,25,27)/t20-/m1/s1/i3D,4D,5D,7D,8D. The summed E-state index contributed by atoms with van der Waals surface area (Å²) in [5.74, 6) is -1.49. The lowest BCUT2D eigenvalue weighted by Gasteiger charge is -2.21. The molecule has 1 aliphatic carbocycles. The lowest BCUT2D eigenvalue weighted by Crippen LogP contribution is -2.35. The van der Waals surface area contributed by atoms with Crippen LogP contribution >= 0.6 is 0 Å². The summed E-state index contributed by atoms with van der Waals surface area (Å²) in [6, 6.07) is 1.01. The minimum Gasteiger partial charge on any atom is -0.345 e. The fourth-order valence-electron chi connectivity index (χ4n) is 3.56. The Balaban J connectivity index is 1.88. The molecule has 1 heterocycles. The number of nitrogens with one attached hydrogen (secondary N) is 2. The first-order valence-corrected chi connectivity index (χ1v) is 8.99. The highest BCUT2D eigenvalue weighted by atomic mass is 19.1. The summed E-state index contributed by atoms with van der Waals surface area (Å²) in [7, 11) is 1.47. The molecule has 0 spiro atoms. The maximum atomic E-state index is 14.6. The predicted molar refractivity (Wildman–Crippen MR) is 108 cm³/mol. The number of carbonyl (C=O) groups excluding carboxylic acids is 1. The average molecular weight is 384 g/mol. The molecule has 1 fully saturated rings. The van der Waals surface area contributed by atoms with E-state index in [-0.39, 0.29) is 45.6 Å². The summed E-state index contributed by atoms with van der Waals surface area (Å²) in [6.45, 7) is 1.55. The zero-order valence-electron chi connectivity index (χ0n) is 20.4. The summed E-state index contributed by atoms with van der Waals surface area (Å²) in [6.07, 6.45) is 1.44. The minimum absolute atomic E-state index is 0.0203. The smallest absolute Gasteiger partial charge is 0.279 e. The van der Waals surface area contributed by atoms with Crippen LogP contribution in [0.5, 0.6) is 0 Å². The summed E-state index contributed by atoms with van der Waals surface area (Å²) in [5.41, 5.74) is 2.37. The van der Waals surface area contributed by atoms with Gasteiger partial charge in [0.05, 0.1) is 29.5 Å². The Bertz CT molecular complexity index is 1340. The summed E-state index contributed by atoms with van der Waals surface area (Å²) in [4.78, 5) is 26.3. The van der Waals surface area contributed by atoms with Crippen LogP contribution in [-0.4, -0.2) is 17.6 Å². The topological polar surface area (TPSA) is 63.1 Å². The molecule has 0 radical (unpaired) electrons. The second kappa shape index (κ2) is 7.11. The zero-order valence-corrected chi connectivity index (χ0v) is 15.4.